The summed E-state index contributed by atoms with van der Waals surface area (Å²) in [7, 11) is 0. The number of rotatable bonds is 16. The maximum Gasteiger partial charge on any atom is 0.317 e. The number of carbonyl (C=O) groups is 1. The predicted octanol–water partition coefficient (Wildman–Crippen LogP) is 1.40. The third-order valence-corrected chi connectivity index (χ3v) is 2.89. The lowest BCUT2D eigenvalue weighted by atomic mass is 10.1. The summed E-state index contributed by atoms with van der Waals surface area (Å²) in [6.07, 6.45) is 8.01. The molecule has 0 fully saturated rings. The molecule has 0 aliphatic carbocycles. The average molecular weight is 292 g/mol. The molecule has 7 nitrogen and oxygen atoms in total. The molecule has 7 heteroatoms. The maximum absolute atomic E-state index is 10.2. The van der Waals surface area contributed by atoms with E-state index in [0.29, 0.717) is 13.2 Å². The second-order valence-corrected chi connectivity index (χ2v) is 4.69. The highest BCUT2D eigenvalue weighted by Gasteiger charge is 1.95. The highest BCUT2D eigenvalue weighted by molar-refractivity contribution is 5.68. The van der Waals surface area contributed by atoms with Crippen molar-refractivity contribution in [2.75, 3.05) is 32.8 Å². The first-order valence-electron chi connectivity index (χ1n) is 7.33. The second-order valence-electron chi connectivity index (χ2n) is 4.69. The molecule has 0 aromatic carbocycles. The normalized spacial score (nSPS) is 10.8. The van der Waals surface area contributed by atoms with Crippen LogP contribution < -0.4 is 10.6 Å². The number of aliphatic carboxylic acids is 1. The lowest BCUT2D eigenvalue weighted by Gasteiger charge is -2.05. The Morgan fingerprint density at radius 1 is 0.850 bits per heavy atom. The van der Waals surface area contributed by atoms with Gasteiger partial charge in [-0.25, -0.2) is 10.1 Å². The molecule has 0 aliphatic rings. The summed E-state index contributed by atoms with van der Waals surface area (Å²) in [6, 6.07) is 0. The Balaban J connectivity index is 2.94. The topological polar surface area (TPSA) is 100 Å². The van der Waals surface area contributed by atoms with Crippen LogP contribution in [-0.4, -0.2) is 49.1 Å². The Labute approximate surface area is 120 Å². The molecule has 0 aromatic rings. The summed E-state index contributed by atoms with van der Waals surface area (Å²) in [4.78, 5) is 14.6. The van der Waals surface area contributed by atoms with E-state index in [-0.39, 0.29) is 6.54 Å². The Morgan fingerprint density at radius 3 is 2.10 bits per heavy atom. The summed E-state index contributed by atoms with van der Waals surface area (Å²) in [5.41, 5.74) is 0. The molecule has 0 aromatic heterocycles. The summed E-state index contributed by atoms with van der Waals surface area (Å²) >= 11 is 0. The molecule has 0 saturated heterocycles. The standard InChI is InChI=1S/C13H28N2O5/c16-13(17)12-15-10-9-14-8-6-4-2-1-3-5-7-11-19-20-18/h14-15,18H,1-12H2,(H,16,17). The van der Waals surface area contributed by atoms with Gasteiger partial charge in [0.25, 0.3) is 0 Å². The number of carboxylic acid groups (broad SMARTS) is 1. The number of hydrogen-bond donors (Lipinski definition) is 4. The molecule has 0 heterocycles. The highest BCUT2D eigenvalue weighted by atomic mass is 17.5. The minimum atomic E-state index is -0.819. The number of hydrogen-bond acceptors (Lipinski definition) is 6. The lowest BCUT2D eigenvalue weighted by Crippen LogP contribution is -2.31. The molecule has 0 saturated carbocycles. The molecule has 0 unspecified atom stereocenters. The third-order valence-electron chi connectivity index (χ3n) is 2.89. The summed E-state index contributed by atoms with van der Waals surface area (Å²) in [5, 5.41) is 26.0. The maximum atomic E-state index is 10.2. The molecule has 4 N–H and O–H groups in total. The van der Waals surface area contributed by atoms with E-state index in [9.17, 15) is 4.79 Å². The van der Waals surface area contributed by atoms with Crippen molar-refractivity contribution in [3.8, 4) is 0 Å². The molecule has 0 bridgehead atoms. The monoisotopic (exact) mass is 292 g/mol. The number of nitrogens with one attached hydrogen (secondary N) is 2. The molecule has 20 heavy (non-hydrogen) atoms. The first-order chi connectivity index (χ1) is 9.77. The Bertz CT molecular complexity index is 217. The van der Waals surface area contributed by atoms with Gasteiger partial charge in [0.15, 0.2) is 0 Å². The lowest BCUT2D eigenvalue weighted by molar-refractivity contribution is -0.490. The quantitative estimate of drug-likeness (QED) is 0.194. The smallest absolute Gasteiger partial charge is 0.317 e. The Morgan fingerprint density at radius 2 is 1.45 bits per heavy atom. The van der Waals surface area contributed by atoms with E-state index in [1.807, 2.05) is 0 Å². The fraction of sp³-hybridized carbons (Fsp3) is 0.923. The van der Waals surface area contributed by atoms with Crippen LogP contribution in [0.4, 0.5) is 0 Å². The third kappa shape index (κ3) is 17.3. The van der Waals surface area contributed by atoms with Crippen molar-refractivity contribution in [1.29, 1.82) is 0 Å². The predicted molar refractivity (Wildman–Crippen MR) is 75.4 cm³/mol. The highest BCUT2D eigenvalue weighted by Crippen LogP contribution is 2.06. The largest absolute Gasteiger partial charge is 0.480 e. The van der Waals surface area contributed by atoms with Crippen LogP contribution in [0.25, 0.3) is 0 Å². The van der Waals surface area contributed by atoms with Gasteiger partial charge in [0.2, 0.25) is 0 Å². The summed E-state index contributed by atoms with van der Waals surface area (Å²) < 4.78 is 0. The van der Waals surface area contributed by atoms with Crippen LogP contribution in [0.1, 0.15) is 44.9 Å². The molecule has 120 valence electrons. The SMILES string of the molecule is O=C(O)CNCCNCCCCCCCCCOOO. The molecular formula is C13H28N2O5. The van der Waals surface area contributed by atoms with Gasteiger partial charge in [-0.2, -0.15) is 0 Å². The van der Waals surface area contributed by atoms with Gasteiger partial charge < -0.3 is 15.7 Å². The van der Waals surface area contributed by atoms with Crippen LogP contribution in [0.2, 0.25) is 0 Å². The van der Waals surface area contributed by atoms with Crippen LogP contribution in [0, 0.1) is 0 Å². The molecule has 0 amide bonds. The number of carboxylic acids is 1. The first-order valence-corrected chi connectivity index (χ1v) is 7.33. The summed E-state index contributed by atoms with van der Waals surface area (Å²) in [6.45, 7) is 2.94. The zero-order chi connectivity index (χ0) is 14.9. The van der Waals surface area contributed by atoms with Gasteiger partial charge in [-0.15, -0.1) is 0 Å². The number of unbranched alkanes of at least 4 members (excludes halogenated alkanes) is 6. The van der Waals surface area contributed by atoms with Crippen LogP contribution in [0.5, 0.6) is 0 Å². The molecule has 0 spiro atoms. The van der Waals surface area contributed by atoms with Crippen molar-refractivity contribution in [2.45, 2.75) is 44.9 Å². The molecule has 0 rings (SSSR count). The zero-order valence-electron chi connectivity index (χ0n) is 12.1. The van der Waals surface area contributed by atoms with Crippen LogP contribution in [-0.2, 0) is 14.7 Å². The van der Waals surface area contributed by atoms with E-state index in [1.54, 1.807) is 0 Å². The minimum Gasteiger partial charge on any atom is -0.480 e. The van der Waals surface area contributed by atoms with Gasteiger partial charge >= 0.3 is 5.97 Å². The van der Waals surface area contributed by atoms with Crippen molar-refractivity contribution in [1.82, 2.24) is 10.6 Å². The van der Waals surface area contributed by atoms with E-state index < -0.39 is 5.97 Å². The van der Waals surface area contributed by atoms with Gasteiger partial charge in [-0.3, -0.25) is 4.79 Å². The van der Waals surface area contributed by atoms with Crippen molar-refractivity contribution in [2.24, 2.45) is 0 Å². The van der Waals surface area contributed by atoms with Crippen molar-refractivity contribution in [3.63, 3.8) is 0 Å². The van der Waals surface area contributed by atoms with Gasteiger partial charge in [0, 0.05) is 13.1 Å². The van der Waals surface area contributed by atoms with Gasteiger partial charge in [-0.05, 0) is 19.4 Å². The van der Waals surface area contributed by atoms with E-state index in [1.165, 1.54) is 25.7 Å². The minimum absolute atomic E-state index is 0.0249. The summed E-state index contributed by atoms with van der Waals surface area (Å²) in [5.74, 6) is -0.819. The fourth-order valence-electron chi connectivity index (χ4n) is 1.83. The van der Waals surface area contributed by atoms with Crippen LogP contribution >= 0.6 is 0 Å². The second kappa shape index (κ2) is 16.3. The zero-order valence-corrected chi connectivity index (χ0v) is 12.1. The van der Waals surface area contributed by atoms with Gasteiger partial charge in [-0.1, -0.05) is 37.1 Å². The van der Waals surface area contributed by atoms with E-state index >= 15 is 0 Å². The molecular weight excluding hydrogens is 264 g/mol. The van der Waals surface area contributed by atoms with E-state index in [2.05, 4.69) is 20.6 Å². The molecule has 0 radical (unpaired) electrons. The van der Waals surface area contributed by atoms with Gasteiger partial charge in [0.05, 0.1) is 13.2 Å². The van der Waals surface area contributed by atoms with Crippen molar-refractivity contribution < 1.29 is 25.1 Å². The fourth-order valence-corrected chi connectivity index (χ4v) is 1.83. The van der Waals surface area contributed by atoms with E-state index in [4.69, 9.17) is 10.4 Å². The van der Waals surface area contributed by atoms with Crippen molar-refractivity contribution in [3.05, 3.63) is 0 Å². The molecule has 0 atom stereocenters. The van der Waals surface area contributed by atoms with E-state index in [0.717, 1.165) is 32.4 Å². The first kappa shape index (κ1) is 19.3. The van der Waals surface area contributed by atoms with Crippen LogP contribution in [0.15, 0.2) is 0 Å². The van der Waals surface area contributed by atoms with Crippen LogP contribution in [0.3, 0.4) is 0 Å². The van der Waals surface area contributed by atoms with Crippen molar-refractivity contribution >= 4 is 5.97 Å². The molecule has 0 aliphatic heterocycles. The van der Waals surface area contributed by atoms with Gasteiger partial charge in [0.1, 0.15) is 0 Å². The average Bonchev–Trinajstić information content (AvgIpc) is 2.43. The Kier molecular flexibility index (Phi) is 15.7. The Hall–Kier alpha value is -0.730.